The van der Waals surface area contributed by atoms with Crippen LogP contribution in [0, 0.1) is 6.92 Å². The van der Waals surface area contributed by atoms with Crippen molar-refractivity contribution in [2.24, 2.45) is 0 Å². The van der Waals surface area contributed by atoms with E-state index in [2.05, 4.69) is 15.3 Å². The van der Waals surface area contributed by atoms with Gasteiger partial charge in [-0.1, -0.05) is 23.7 Å². The molecule has 2 heterocycles. The number of ether oxygens (including phenoxy) is 1. The number of methoxy groups -OCH3 is 1. The summed E-state index contributed by atoms with van der Waals surface area (Å²) >= 11 is 6.17. The van der Waals surface area contributed by atoms with Crippen molar-refractivity contribution in [3.05, 3.63) is 75.4 Å². The van der Waals surface area contributed by atoms with Crippen LogP contribution in [0.15, 0.2) is 53.6 Å². The van der Waals surface area contributed by atoms with E-state index in [9.17, 15) is 4.79 Å². The fourth-order valence-electron chi connectivity index (χ4n) is 2.36. The molecule has 0 aliphatic heterocycles. The first kappa shape index (κ1) is 17.0. The number of hydrogen-bond acceptors (Lipinski definition) is 5. The predicted octanol–water partition coefficient (Wildman–Crippen LogP) is 3.40. The second-order valence-corrected chi connectivity index (χ2v) is 5.83. The van der Waals surface area contributed by atoms with Gasteiger partial charge in [0.1, 0.15) is 0 Å². The highest BCUT2D eigenvalue weighted by atomic mass is 35.5. The number of anilines is 2. The van der Waals surface area contributed by atoms with Crippen molar-refractivity contribution in [1.29, 1.82) is 0 Å². The van der Waals surface area contributed by atoms with E-state index in [1.165, 1.54) is 7.11 Å². The lowest BCUT2D eigenvalue weighted by molar-refractivity contribution is 0.402. The Labute approximate surface area is 150 Å². The molecule has 1 N–H and O–H groups in total. The molecule has 7 heteroatoms. The van der Waals surface area contributed by atoms with Gasteiger partial charge in [0.05, 0.1) is 25.5 Å². The van der Waals surface area contributed by atoms with E-state index in [4.69, 9.17) is 16.3 Å². The second-order valence-electron chi connectivity index (χ2n) is 5.42. The van der Waals surface area contributed by atoms with Gasteiger partial charge in [-0.15, -0.1) is 0 Å². The van der Waals surface area contributed by atoms with Crippen molar-refractivity contribution in [3.8, 4) is 5.75 Å². The van der Waals surface area contributed by atoms with Gasteiger partial charge >= 0.3 is 5.56 Å². The van der Waals surface area contributed by atoms with E-state index in [1.807, 2.05) is 43.3 Å². The minimum atomic E-state index is -0.443. The molecule has 3 rings (SSSR count). The average Bonchev–Trinajstić information content (AvgIpc) is 2.62. The van der Waals surface area contributed by atoms with Crippen LogP contribution < -0.4 is 15.6 Å². The Hall–Kier alpha value is -2.86. The molecule has 1 aromatic carbocycles. The number of hydrogen-bond donors (Lipinski definition) is 1. The van der Waals surface area contributed by atoms with Crippen LogP contribution in [0.2, 0.25) is 5.02 Å². The number of nitrogens with one attached hydrogen (secondary N) is 1. The van der Waals surface area contributed by atoms with Crippen LogP contribution in [-0.2, 0) is 6.54 Å². The van der Waals surface area contributed by atoms with E-state index >= 15 is 0 Å². The Balaban J connectivity index is 2.03. The van der Waals surface area contributed by atoms with Crippen LogP contribution in [0.5, 0.6) is 5.75 Å². The monoisotopic (exact) mass is 356 g/mol. The largest absolute Gasteiger partial charge is 0.490 e. The smallest absolute Gasteiger partial charge is 0.316 e. The van der Waals surface area contributed by atoms with Gasteiger partial charge in [-0.25, -0.2) is 0 Å². The third kappa shape index (κ3) is 3.80. The molecule has 0 saturated carbocycles. The van der Waals surface area contributed by atoms with Crippen molar-refractivity contribution in [2.45, 2.75) is 13.5 Å². The fourth-order valence-corrected chi connectivity index (χ4v) is 2.54. The van der Waals surface area contributed by atoms with Crippen molar-refractivity contribution < 1.29 is 4.74 Å². The highest BCUT2D eigenvalue weighted by Gasteiger charge is 2.12. The summed E-state index contributed by atoms with van der Waals surface area (Å²) in [5, 5.41) is 3.81. The lowest BCUT2D eigenvalue weighted by Crippen LogP contribution is -2.19. The van der Waals surface area contributed by atoms with Crippen molar-refractivity contribution in [3.63, 3.8) is 0 Å². The Morgan fingerprint density at radius 1 is 1.24 bits per heavy atom. The van der Waals surface area contributed by atoms with Crippen molar-refractivity contribution >= 4 is 23.2 Å². The summed E-state index contributed by atoms with van der Waals surface area (Å²) < 4.78 is 6.89. The summed E-state index contributed by atoms with van der Waals surface area (Å²) in [6, 6.07) is 11.2. The van der Waals surface area contributed by atoms with Gasteiger partial charge in [-0.3, -0.25) is 9.78 Å². The summed E-state index contributed by atoms with van der Waals surface area (Å²) in [6.45, 7) is 2.34. The molecule has 0 spiro atoms. The molecule has 3 aromatic rings. The van der Waals surface area contributed by atoms with Crippen LogP contribution in [-0.4, -0.2) is 21.6 Å². The van der Waals surface area contributed by atoms with E-state index in [1.54, 1.807) is 17.0 Å². The number of aromatic nitrogens is 3. The van der Waals surface area contributed by atoms with E-state index in [0.29, 0.717) is 17.5 Å². The maximum atomic E-state index is 12.1. The predicted molar refractivity (Wildman–Crippen MR) is 97.9 cm³/mol. The van der Waals surface area contributed by atoms with Gasteiger partial charge in [0, 0.05) is 16.9 Å². The summed E-state index contributed by atoms with van der Waals surface area (Å²) in [6.07, 6.45) is 3.34. The molecule has 0 saturated heterocycles. The molecule has 6 nitrogen and oxygen atoms in total. The fraction of sp³-hybridized carbons (Fsp3) is 0.167. The molecule has 2 aromatic heterocycles. The molecule has 0 atom stereocenters. The summed E-state index contributed by atoms with van der Waals surface area (Å²) in [7, 11) is 1.44. The molecule has 0 aliphatic carbocycles. The van der Waals surface area contributed by atoms with E-state index in [0.717, 1.165) is 16.9 Å². The van der Waals surface area contributed by atoms with Crippen LogP contribution in [0.3, 0.4) is 0 Å². The summed E-state index contributed by atoms with van der Waals surface area (Å²) in [5.74, 6) is 0.561. The Kier molecular flexibility index (Phi) is 5.00. The van der Waals surface area contributed by atoms with Gasteiger partial charge in [0.25, 0.3) is 0 Å². The molecule has 128 valence electrons. The third-order valence-electron chi connectivity index (χ3n) is 3.76. The van der Waals surface area contributed by atoms with Crippen molar-refractivity contribution in [1.82, 2.24) is 14.5 Å². The van der Waals surface area contributed by atoms with Crippen LogP contribution in [0.25, 0.3) is 0 Å². The van der Waals surface area contributed by atoms with Gasteiger partial charge in [-0.2, -0.15) is 4.98 Å². The normalized spacial score (nSPS) is 10.5. The Morgan fingerprint density at radius 3 is 2.80 bits per heavy atom. The SMILES string of the molecule is COc1cn(Cc2ccccn2)c(Nc2cccc(Cl)c2C)nc1=O. The third-order valence-corrected chi connectivity index (χ3v) is 4.17. The molecule has 0 bridgehead atoms. The number of pyridine rings is 1. The first-order chi connectivity index (χ1) is 12.1. The highest BCUT2D eigenvalue weighted by Crippen LogP contribution is 2.25. The molecule has 0 amide bonds. The van der Waals surface area contributed by atoms with Crippen LogP contribution in [0.1, 0.15) is 11.3 Å². The van der Waals surface area contributed by atoms with Gasteiger partial charge in [0.2, 0.25) is 11.7 Å². The molecular weight excluding hydrogens is 340 g/mol. The zero-order chi connectivity index (χ0) is 17.8. The van der Waals surface area contributed by atoms with Crippen molar-refractivity contribution in [2.75, 3.05) is 12.4 Å². The minimum Gasteiger partial charge on any atom is -0.490 e. The Morgan fingerprint density at radius 2 is 2.08 bits per heavy atom. The first-order valence-electron chi connectivity index (χ1n) is 7.66. The topological polar surface area (TPSA) is 69.0 Å². The molecule has 0 radical (unpaired) electrons. The minimum absolute atomic E-state index is 0.171. The number of nitrogens with zero attached hydrogens (tertiary/aromatic N) is 3. The maximum Gasteiger partial charge on any atom is 0.316 e. The van der Waals surface area contributed by atoms with Gasteiger partial charge in [-0.05, 0) is 36.8 Å². The zero-order valence-electron chi connectivity index (χ0n) is 13.9. The lowest BCUT2D eigenvalue weighted by Gasteiger charge is -2.16. The summed E-state index contributed by atoms with van der Waals surface area (Å²) in [5.41, 5.74) is 2.04. The first-order valence-corrected chi connectivity index (χ1v) is 8.04. The summed E-state index contributed by atoms with van der Waals surface area (Å²) in [4.78, 5) is 20.5. The number of halogens is 1. The number of benzene rings is 1. The number of rotatable bonds is 5. The standard InChI is InChI=1S/C18H17ClN4O2/c1-12-14(19)7-5-8-15(12)21-18-22-17(24)16(25-2)11-23(18)10-13-6-3-4-9-20-13/h3-9,11H,10H2,1-2H3,(H,21,22,24). The highest BCUT2D eigenvalue weighted by molar-refractivity contribution is 6.31. The van der Waals surface area contributed by atoms with Gasteiger partial charge < -0.3 is 14.6 Å². The molecule has 0 unspecified atom stereocenters. The molecule has 25 heavy (non-hydrogen) atoms. The molecule has 0 aliphatic rings. The van der Waals surface area contributed by atoms with E-state index < -0.39 is 5.56 Å². The van der Waals surface area contributed by atoms with Crippen LogP contribution in [0.4, 0.5) is 11.6 Å². The molecule has 0 fully saturated rings. The van der Waals surface area contributed by atoms with E-state index in [-0.39, 0.29) is 5.75 Å². The van der Waals surface area contributed by atoms with Crippen LogP contribution >= 0.6 is 11.6 Å². The maximum absolute atomic E-state index is 12.1. The zero-order valence-corrected chi connectivity index (χ0v) is 14.6. The quantitative estimate of drug-likeness (QED) is 0.758. The second kappa shape index (κ2) is 7.36. The Bertz CT molecular complexity index is 942. The average molecular weight is 357 g/mol. The van der Waals surface area contributed by atoms with Gasteiger partial charge in [0.15, 0.2) is 0 Å². The lowest BCUT2D eigenvalue weighted by atomic mass is 10.2. The molecular formula is C18H17ClN4O2.